The lowest BCUT2D eigenvalue weighted by atomic mass is 10.2. The number of nitrogens with two attached hydrogens (primary N) is 1. The highest BCUT2D eigenvalue weighted by Gasteiger charge is 2.27. The summed E-state index contributed by atoms with van der Waals surface area (Å²) in [6, 6.07) is 0. The van der Waals surface area contributed by atoms with Gasteiger partial charge in [-0.05, 0) is 19.8 Å². The lowest BCUT2D eigenvalue weighted by Crippen LogP contribution is -2.28. The van der Waals surface area contributed by atoms with Crippen molar-refractivity contribution in [2.45, 2.75) is 32.1 Å². The Morgan fingerprint density at radius 1 is 1.67 bits per heavy atom. The molecule has 0 aliphatic carbocycles. The Labute approximate surface area is 105 Å². The lowest BCUT2D eigenvalue weighted by Gasteiger charge is -2.15. The second kappa shape index (κ2) is 5.32. The van der Waals surface area contributed by atoms with E-state index in [2.05, 4.69) is 4.98 Å². The highest BCUT2D eigenvalue weighted by atomic mass is 16.5. The number of aliphatic hydroxyl groups excluding tert-OH is 1. The van der Waals surface area contributed by atoms with Crippen molar-refractivity contribution in [2.75, 3.05) is 12.3 Å². The van der Waals surface area contributed by atoms with Gasteiger partial charge in [0.15, 0.2) is 0 Å². The molecule has 2 atom stereocenters. The minimum absolute atomic E-state index is 0.0324. The van der Waals surface area contributed by atoms with Crippen molar-refractivity contribution in [1.82, 2.24) is 9.55 Å². The van der Waals surface area contributed by atoms with E-state index in [4.69, 9.17) is 15.6 Å². The number of nitrogens with zero attached hydrogens (tertiary/aromatic N) is 2. The van der Waals surface area contributed by atoms with Crippen LogP contribution in [0.5, 0.6) is 0 Å². The first-order chi connectivity index (χ1) is 8.65. The Hall–Kier alpha value is -1.66. The number of aliphatic hydroxyl groups is 1. The minimum atomic E-state index is -0.427. The average Bonchev–Trinajstić information content (AvgIpc) is 2.81. The summed E-state index contributed by atoms with van der Waals surface area (Å²) in [4.78, 5) is 15.6. The van der Waals surface area contributed by atoms with Gasteiger partial charge in [-0.1, -0.05) is 12.2 Å². The van der Waals surface area contributed by atoms with E-state index in [9.17, 15) is 4.79 Å². The quantitative estimate of drug-likeness (QED) is 0.817. The molecule has 1 saturated heterocycles. The van der Waals surface area contributed by atoms with E-state index in [-0.39, 0.29) is 24.8 Å². The first-order valence-electron chi connectivity index (χ1n) is 5.93. The summed E-state index contributed by atoms with van der Waals surface area (Å²) in [5.74, 6) is 0.214. The molecular formula is C12H17N3O3. The van der Waals surface area contributed by atoms with Crippen LogP contribution in [0.2, 0.25) is 0 Å². The Bertz CT molecular complexity index is 510. The Morgan fingerprint density at radius 3 is 3.06 bits per heavy atom. The van der Waals surface area contributed by atoms with E-state index < -0.39 is 5.69 Å². The van der Waals surface area contributed by atoms with Crippen LogP contribution in [0.1, 0.15) is 31.6 Å². The Kier molecular flexibility index (Phi) is 3.78. The topological polar surface area (TPSA) is 90.4 Å². The molecule has 0 spiro atoms. The zero-order valence-electron chi connectivity index (χ0n) is 10.2. The fourth-order valence-electron chi connectivity index (χ4n) is 2.04. The van der Waals surface area contributed by atoms with E-state index in [0.29, 0.717) is 12.0 Å². The highest BCUT2D eigenvalue weighted by Crippen LogP contribution is 2.27. The molecule has 18 heavy (non-hydrogen) atoms. The molecule has 2 rings (SSSR count). The first-order valence-corrected chi connectivity index (χ1v) is 5.93. The summed E-state index contributed by atoms with van der Waals surface area (Å²) < 4.78 is 6.99. The van der Waals surface area contributed by atoms with Crippen LogP contribution in [0.15, 0.2) is 17.1 Å². The number of ether oxygens (including phenoxy) is 1. The van der Waals surface area contributed by atoms with Crippen molar-refractivity contribution in [1.29, 1.82) is 0 Å². The third kappa shape index (κ3) is 2.44. The molecule has 0 bridgehead atoms. The molecule has 2 heterocycles. The van der Waals surface area contributed by atoms with Crippen LogP contribution < -0.4 is 11.4 Å². The maximum Gasteiger partial charge on any atom is 0.351 e. The van der Waals surface area contributed by atoms with Crippen LogP contribution in [0.25, 0.3) is 6.08 Å². The second-order valence-corrected chi connectivity index (χ2v) is 4.24. The second-order valence-electron chi connectivity index (χ2n) is 4.24. The normalized spacial score (nSPS) is 23.9. The molecule has 6 nitrogen and oxygen atoms in total. The van der Waals surface area contributed by atoms with E-state index in [1.54, 1.807) is 12.3 Å². The van der Waals surface area contributed by atoms with Crippen LogP contribution in [0.3, 0.4) is 0 Å². The molecule has 0 radical (unpaired) electrons. The average molecular weight is 251 g/mol. The van der Waals surface area contributed by atoms with E-state index >= 15 is 0 Å². The fraction of sp³-hybridized carbons (Fsp3) is 0.500. The van der Waals surface area contributed by atoms with Crippen LogP contribution >= 0.6 is 0 Å². The maximum absolute atomic E-state index is 11.8. The van der Waals surface area contributed by atoms with Gasteiger partial charge in [0, 0.05) is 11.8 Å². The molecule has 1 aromatic rings. The van der Waals surface area contributed by atoms with Crippen molar-refractivity contribution < 1.29 is 9.84 Å². The third-order valence-corrected chi connectivity index (χ3v) is 2.96. The molecule has 1 aliphatic rings. The Balaban J connectivity index is 2.33. The molecule has 3 N–H and O–H groups in total. The standard InChI is InChI=1S/C12H17N3O3/c1-2-3-8-6-15(12(17)14-11(8)13)10-5-4-9(7-16)18-10/h2-3,6,9-10,16H,4-5,7H2,1H3,(H2,13,14,17)/b3-2+/t9-,10+/m0/s1. The molecule has 6 heteroatoms. The molecule has 0 saturated carbocycles. The van der Waals surface area contributed by atoms with E-state index in [0.717, 1.165) is 6.42 Å². The van der Waals surface area contributed by atoms with Gasteiger partial charge >= 0.3 is 5.69 Å². The zero-order chi connectivity index (χ0) is 13.1. The number of hydrogen-bond donors (Lipinski definition) is 2. The van der Waals surface area contributed by atoms with Gasteiger partial charge in [-0.2, -0.15) is 4.98 Å². The van der Waals surface area contributed by atoms with Crippen molar-refractivity contribution in [3.8, 4) is 0 Å². The van der Waals surface area contributed by atoms with Crippen molar-refractivity contribution in [3.63, 3.8) is 0 Å². The SMILES string of the molecule is C/C=C/c1cn([C@H]2CC[C@@H](CO)O2)c(=O)nc1N. The van der Waals surface area contributed by atoms with Gasteiger partial charge in [0.25, 0.3) is 0 Å². The molecule has 0 aromatic carbocycles. The molecule has 1 aromatic heterocycles. The summed E-state index contributed by atoms with van der Waals surface area (Å²) in [7, 11) is 0. The molecular weight excluding hydrogens is 234 g/mol. The Morgan fingerprint density at radius 2 is 2.44 bits per heavy atom. The van der Waals surface area contributed by atoms with Gasteiger partial charge in [0.05, 0.1) is 12.7 Å². The molecule has 1 aliphatic heterocycles. The summed E-state index contributed by atoms with van der Waals surface area (Å²) in [6.45, 7) is 1.83. The minimum Gasteiger partial charge on any atom is -0.394 e. The largest absolute Gasteiger partial charge is 0.394 e. The van der Waals surface area contributed by atoms with Gasteiger partial charge < -0.3 is 15.6 Å². The molecule has 0 amide bonds. The smallest absolute Gasteiger partial charge is 0.351 e. The lowest BCUT2D eigenvalue weighted by molar-refractivity contribution is -0.0245. The van der Waals surface area contributed by atoms with E-state index in [1.807, 2.05) is 13.0 Å². The van der Waals surface area contributed by atoms with Gasteiger partial charge in [-0.25, -0.2) is 4.79 Å². The predicted molar refractivity (Wildman–Crippen MR) is 67.8 cm³/mol. The number of aromatic nitrogens is 2. The zero-order valence-corrected chi connectivity index (χ0v) is 10.2. The van der Waals surface area contributed by atoms with Crippen LogP contribution in [-0.4, -0.2) is 27.4 Å². The summed E-state index contributed by atoms with van der Waals surface area (Å²) in [5, 5.41) is 9.02. The van der Waals surface area contributed by atoms with Crippen molar-refractivity contribution in [3.05, 3.63) is 28.3 Å². The van der Waals surface area contributed by atoms with Crippen molar-refractivity contribution in [2.24, 2.45) is 0 Å². The molecule has 0 unspecified atom stereocenters. The summed E-state index contributed by atoms with van der Waals surface area (Å²) in [5.41, 5.74) is 5.93. The number of nitrogen functional groups attached to an aromatic ring is 1. The summed E-state index contributed by atoms with van der Waals surface area (Å²) in [6.07, 6.45) is 6.11. The van der Waals surface area contributed by atoms with Gasteiger partial charge in [0.1, 0.15) is 12.0 Å². The predicted octanol–water partition coefficient (Wildman–Crippen LogP) is 0.528. The third-order valence-electron chi connectivity index (χ3n) is 2.96. The maximum atomic E-state index is 11.8. The molecule has 1 fully saturated rings. The number of anilines is 1. The number of hydrogen-bond acceptors (Lipinski definition) is 5. The van der Waals surface area contributed by atoms with E-state index in [1.165, 1.54) is 4.57 Å². The number of rotatable bonds is 3. The fourth-order valence-corrected chi connectivity index (χ4v) is 2.04. The van der Waals surface area contributed by atoms with Crippen LogP contribution in [0.4, 0.5) is 5.82 Å². The van der Waals surface area contributed by atoms with Gasteiger partial charge in [0.2, 0.25) is 0 Å². The monoisotopic (exact) mass is 251 g/mol. The van der Waals surface area contributed by atoms with Gasteiger partial charge in [-0.15, -0.1) is 0 Å². The summed E-state index contributed by atoms with van der Waals surface area (Å²) >= 11 is 0. The highest BCUT2D eigenvalue weighted by molar-refractivity contribution is 5.59. The first kappa shape index (κ1) is 12.8. The van der Waals surface area contributed by atoms with Crippen molar-refractivity contribution >= 4 is 11.9 Å². The molecule has 98 valence electrons. The van der Waals surface area contributed by atoms with Crippen LogP contribution in [-0.2, 0) is 4.74 Å². The van der Waals surface area contributed by atoms with Gasteiger partial charge in [-0.3, -0.25) is 4.57 Å². The number of allylic oxidation sites excluding steroid dienone is 1. The van der Waals surface area contributed by atoms with Crippen LogP contribution in [0, 0.1) is 0 Å².